The fraction of sp³-hybridized carbons (Fsp3) is 0.533. The lowest BCUT2D eigenvalue weighted by Gasteiger charge is -2.26. The molecule has 0 spiro atoms. The minimum Gasteiger partial charge on any atom is -0.505 e. The lowest BCUT2D eigenvalue weighted by Crippen LogP contribution is -2.38. The molecule has 19 heavy (non-hydrogen) atoms. The summed E-state index contributed by atoms with van der Waals surface area (Å²) in [5.74, 6) is 0.175. The Kier molecular flexibility index (Phi) is 4.10. The molecule has 1 unspecified atom stereocenters. The van der Waals surface area contributed by atoms with Gasteiger partial charge in [-0.3, -0.25) is 4.79 Å². The maximum Gasteiger partial charge on any atom is 0.232 e. The van der Waals surface area contributed by atoms with Gasteiger partial charge in [0.2, 0.25) is 5.91 Å². The highest BCUT2D eigenvalue weighted by molar-refractivity contribution is 5.97. The first-order chi connectivity index (χ1) is 9.09. The monoisotopic (exact) mass is 262 g/mol. The number of hydrogen-bond donors (Lipinski definition) is 3. The number of phenolic OH excluding ortho intramolecular Hbond substituents is 1. The molecule has 1 aliphatic rings. The van der Waals surface area contributed by atoms with Crippen molar-refractivity contribution in [1.29, 1.82) is 0 Å². The van der Waals surface area contributed by atoms with E-state index in [9.17, 15) is 9.90 Å². The van der Waals surface area contributed by atoms with E-state index >= 15 is 0 Å². The van der Waals surface area contributed by atoms with Crippen LogP contribution in [0.4, 0.5) is 5.69 Å². The van der Waals surface area contributed by atoms with E-state index < -0.39 is 0 Å². The van der Waals surface area contributed by atoms with Crippen molar-refractivity contribution >= 4 is 11.6 Å². The van der Waals surface area contributed by atoms with E-state index in [-0.39, 0.29) is 17.1 Å². The molecule has 0 aromatic heterocycles. The first-order valence-electron chi connectivity index (χ1n) is 6.90. The molecular formula is C15H22N2O2. The quantitative estimate of drug-likeness (QED) is 0.730. The van der Waals surface area contributed by atoms with Gasteiger partial charge in [-0.15, -0.1) is 0 Å². The summed E-state index contributed by atoms with van der Waals surface area (Å²) in [6, 6.07) is 5.40. The second kappa shape index (κ2) is 5.61. The minimum absolute atomic E-state index is 0.0141. The van der Waals surface area contributed by atoms with Crippen molar-refractivity contribution in [3.8, 4) is 5.75 Å². The number of para-hydroxylation sites is 1. The van der Waals surface area contributed by atoms with Gasteiger partial charge in [0, 0.05) is 6.54 Å². The summed E-state index contributed by atoms with van der Waals surface area (Å²) in [6.07, 6.45) is 2.71. The van der Waals surface area contributed by atoms with Crippen molar-refractivity contribution < 1.29 is 9.90 Å². The first-order valence-corrected chi connectivity index (χ1v) is 6.90. The molecule has 0 aliphatic carbocycles. The Bertz CT molecular complexity index is 465. The van der Waals surface area contributed by atoms with E-state index in [1.54, 1.807) is 6.07 Å². The highest BCUT2D eigenvalue weighted by Crippen LogP contribution is 2.34. The fourth-order valence-electron chi connectivity index (χ4n) is 2.76. The van der Waals surface area contributed by atoms with Crippen LogP contribution in [-0.4, -0.2) is 24.1 Å². The Labute approximate surface area is 114 Å². The normalized spacial score (nSPS) is 22.4. The van der Waals surface area contributed by atoms with Crippen molar-refractivity contribution in [3.63, 3.8) is 0 Å². The van der Waals surface area contributed by atoms with Crippen LogP contribution in [-0.2, 0) is 4.79 Å². The molecule has 3 N–H and O–H groups in total. The van der Waals surface area contributed by atoms with Crippen molar-refractivity contribution in [2.24, 2.45) is 5.41 Å². The predicted octanol–water partition coefficient (Wildman–Crippen LogP) is 2.42. The van der Waals surface area contributed by atoms with Crippen LogP contribution in [0.1, 0.15) is 31.7 Å². The number of carbonyl (C=O) groups is 1. The zero-order chi connectivity index (χ0) is 13.9. The minimum atomic E-state index is -0.328. The van der Waals surface area contributed by atoms with E-state index in [0.29, 0.717) is 5.69 Å². The van der Waals surface area contributed by atoms with Gasteiger partial charge in [-0.2, -0.15) is 0 Å². The maximum atomic E-state index is 12.5. The van der Waals surface area contributed by atoms with Gasteiger partial charge in [-0.25, -0.2) is 0 Å². The topological polar surface area (TPSA) is 61.4 Å². The summed E-state index contributed by atoms with van der Waals surface area (Å²) in [4.78, 5) is 12.5. The number of anilines is 1. The van der Waals surface area contributed by atoms with Gasteiger partial charge in [0.1, 0.15) is 5.75 Å². The van der Waals surface area contributed by atoms with E-state index in [0.717, 1.165) is 37.9 Å². The standard InChI is InChI=1S/C15H22N2O2/c1-3-7-15(8-9-16-10-15)14(19)17-12-6-4-5-11(2)13(12)18/h4-6,16,18H,3,7-10H2,1-2H3,(H,17,19). The molecule has 1 amide bonds. The van der Waals surface area contributed by atoms with Gasteiger partial charge in [-0.05, 0) is 37.9 Å². The van der Waals surface area contributed by atoms with Crippen molar-refractivity contribution in [1.82, 2.24) is 5.32 Å². The number of carbonyl (C=O) groups excluding carboxylic acids is 1. The third-order valence-electron chi connectivity index (χ3n) is 3.94. The second-order valence-corrected chi connectivity index (χ2v) is 5.38. The van der Waals surface area contributed by atoms with Crippen molar-refractivity contribution in [2.45, 2.75) is 33.1 Å². The van der Waals surface area contributed by atoms with Crippen molar-refractivity contribution in [2.75, 3.05) is 18.4 Å². The third kappa shape index (κ3) is 2.73. The van der Waals surface area contributed by atoms with Crippen LogP contribution < -0.4 is 10.6 Å². The highest BCUT2D eigenvalue weighted by Gasteiger charge is 2.40. The Balaban J connectivity index is 2.17. The average molecular weight is 262 g/mol. The van der Waals surface area contributed by atoms with Crippen LogP contribution in [0.2, 0.25) is 0 Å². The van der Waals surface area contributed by atoms with Gasteiger partial charge in [-0.1, -0.05) is 25.5 Å². The first kappa shape index (κ1) is 13.9. The number of amides is 1. The van der Waals surface area contributed by atoms with Crippen molar-refractivity contribution in [3.05, 3.63) is 23.8 Å². The summed E-state index contributed by atoms with van der Waals surface area (Å²) in [5, 5.41) is 16.1. The van der Waals surface area contributed by atoms with Gasteiger partial charge < -0.3 is 15.7 Å². The Morgan fingerprint density at radius 1 is 1.53 bits per heavy atom. The molecule has 0 bridgehead atoms. The SMILES string of the molecule is CCCC1(C(=O)Nc2cccc(C)c2O)CCNC1. The van der Waals surface area contributed by atoms with E-state index in [2.05, 4.69) is 17.6 Å². The molecule has 1 atom stereocenters. The molecule has 2 rings (SSSR count). The Morgan fingerprint density at radius 2 is 2.32 bits per heavy atom. The fourth-order valence-corrected chi connectivity index (χ4v) is 2.76. The summed E-state index contributed by atoms with van der Waals surface area (Å²) >= 11 is 0. The zero-order valence-corrected chi connectivity index (χ0v) is 11.6. The number of phenols is 1. The molecule has 1 fully saturated rings. The number of aryl methyl sites for hydroxylation is 1. The van der Waals surface area contributed by atoms with Crippen LogP contribution >= 0.6 is 0 Å². The summed E-state index contributed by atoms with van der Waals surface area (Å²) in [6.45, 7) is 5.52. The van der Waals surface area contributed by atoms with Gasteiger partial charge >= 0.3 is 0 Å². The largest absolute Gasteiger partial charge is 0.505 e. The zero-order valence-electron chi connectivity index (χ0n) is 11.6. The predicted molar refractivity (Wildman–Crippen MR) is 76.3 cm³/mol. The number of rotatable bonds is 4. The summed E-state index contributed by atoms with van der Waals surface area (Å²) in [7, 11) is 0. The molecule has 4 heteroatoms. The molecular weight excluding hydrogens is 240 g/mol. The third-order valence-corrected chi connectivity index (χ3v) is 3.94. The van der Waals surface area contributed by atoms with Crippen LogP contribution in [0.25, 0.3) is 0 Å². The molecule has 1 aromatic carbocycles. The molecule has 0 saturated carbocycles. The average Bonchev–Trinajstić information content (AvgIpc) is 2.85. The van der Waals surface area contributed by atoms with Crippen LogP contribution in [0.3, 0.4) is 0 Å². The summed E-state index contributed by atoms with van der Waals surface area (Å²) in [5.41, 5.74) is 0.949. The lowest BCUT2D eigenvalue weighted by molar-refractivity contribution is -0.125. The van der Waals surface area contributed by atoms with Crippen LogP contribution in [0.15, 0.2) is 18.2 Å². The maximum absolute atomic E-state index is 12.5. The van der Waals surface area contributed by atoms with Crippen LogP contribution in [0, 0.1) is 12.3 Å². The molecule has 1 aliphatic heterocycles. The lowest BCUT2D eigenvalue weighted by atomic mass is 9.81. The smallest absolute Gasteiger partial charge is 0.232 e. The van der Waals surface area contributed by atoms with Gasteiger partial charge in [0.25, 0.3) is 0 Å². The number of aromatic hydroxyl groups is 1. The second-order valence-electron chi connectivity index (χ2n) is 5.38. The molecule has 1 aromatic rings. The highest BCUT2D eigenvalue weighted by atomic mass is 16.3. The number of benzene rings is 1. The number of nitrogens with one attached hydrogen (secondary N) is 2. The van der Waals surface area contributed by atoms with Gasteiger partial charge in [0.05, 0.1) is 11.1 Å². The molecule has 4 nitrogen and oxygen atoms in total. The van der Waals surface area contributed by atoms with E-state index in [4.69, 9.17) is 0 Å². The van der Waals surface area contributed by atoms with E-state index in [1.165, 1.54) is 0 Å². The summed E-state index contributed by atoms with van der Waals surface area (Å²) < 4.78 is 0. The molecule has 104 valence electrons. The Morgan fingerprint density at radius 3 is 2.95 bits per heavy atom. The van der Waals surface area contributed by atoms with Crippen LogP contribution in [0.5, 0.6) is 5.75 Å². The molecule has 1 heterocycles. The van der Waals surface area contributed by atoms with E-state index in [1.807, 2.05) is 19.1 Å². The molecule has 0 radical (unpaired) electrons. The Hall–Kier alpha value is -1.55. The number of hydrogen-bond acceptors (Lipinski definition) is 3. The molecule has 1 saturated heterocycles. The van der Waals surface area contributed by atoms with Gasteiger partial charge in [0.15, 0.2) is 0 Å².